The summed E-state index contributed by atoms with van der Waals surface area (Å²) in [4.78, 5) is 18.2. The van der Waals surface area contributed by atoms with E-state index in [0.29, 0.717) is 13.2 Å². The second-order valence-electron chi connectivity index (χ2n) is 5.63. The van der Waals surface area contributed by atoms with Crippen LogP contribution in [0.2, 0.25) is 0 Å². The lowest BCUT2D eigenvalue weighted by Gasteiger charge is -2.13. The molecule has 0 saturated carbocycles. The summed E-state index contributed by atoms with van der Waals surface area (Å²) in [7, 11) is 0. The first-order valence-electron chi connectivity index (χ1n) is 8.63. The van der Waals surface area contributed by atoms with E-state index >= 15 is 0 Å². The van der Waals surface area contributed by atoms with Crippen molar-refractivity contribution >= 4 is 23.7 Å². The van der Waals surface area contributed by atoms with E-state index in [1.165, 1.54) is 5.56 Å². The van der Waals surface area contributed by atoms with Gasteiger partial charge in [0.2, 0.25) is 0 Å². The molecule has 28 heavy (non-hydrogen) atoms. The number of aliphatic hydroxyl groups excluding tert-OH is 1. The zero-order valence-corrected chi connectivity index (χ0v) is 16.2. The van der Waals surface area contributed by atoms with Crippen molar-refractivity contribution in [3.05, 3.63) is 66.2 Å². The van der Waals surface area contributed by atoms with E-state index in [0.717, 1.165) is 23.8 Å². The largest absolute Gasteiger partial charge is 0.491 e. The van der Waals surface area contributed by atoms with Gasteiger partial charge < -0.3 is 25.4 Å². The maximum Gasteiger partial charge on any atom is 0.414 e. The van der Waals surface area contributed by atoms with Crippen LogP contribution in [0, 0.1) is 0 Å². The summed E-state index contributed by atoms with van der Waals surface area (Å²) in [5, 5.41) is 27.9. The van der Waals surface area contributed by atoms with E-state index in [1.54, 1.807) is 0 Å². The van der Waals surface area contributed by atoms with Crippen molar-refractivity contribution in [1.82, 2.24) is 5.32 Å². The SMILES string of the molecule is O=C(O)C(=O)O.OC(CNCCSCc1ccccc1)COc1ccccc1. The summed E-state index contributed by atoms with van der Waals surface area (Å²) in [6.45, 7) is 1.76. The molecule has 0 saturated heterocycles. The lowest BCUT2D eigenvalue weighted by Crippen LogP contribution is -2.32. The summed E-state index contributed by atoms with van der Waals surface area (Å²) in [6, 6.07) is 20.0. The molecule has 0 heterocycles. The first kappa shape index (κ1) is 23.5. The van der Waals surface area contributed by atoms with Gasteiger partial charge in [0.1, 0.15) is 18.5 Å². The molecule has 4 N–H and O–H groups in total. The predicted molar refractivity (Wildman–Crippen MR) is 109 cm³/mol. The number of aliphatic carboxylic acids is 2. The average molecular weight is 407 g/mol. The number of para-hydroxylation sites is 1. The Labute approximate surface area is 168 Å². The molecule has 0 fully saturated rings. The van der Waals surface area contributed by atoms with Crippen LogP contribution in [0.1, 0.15) is 5.56 Å². The van der Waals surface area contributed by atoms with Crippen LogP contribution in [0.5, 0.6) is 5.75 Å². The zero-order chi connectivity index (χ0) is 20.6. The summed E-state index contributed by atoms with van der Waals surface area (Å²) in [5.74, 6) is -0.798. The van der Waals surface area contributed by atoms with Crippen molar-refractivity contribution in [2.24, 2.45) is 0 Å². The topological polar surface area (TPSA) is 116 Å². The highest BCUT2D eigenvalue weighted by Crippen LogP contribution is 2.10. The molecular formula is C20H25NO6S. The van der Waals surface area contributed by atoms with Gasteiger partial charge in [0.25, 0.3) is 0 Å². The Bertz CT molecular complexity index is 672. The van der Waals surface area contributed by atoms with E-state index in [-0.39, 0.29) is 0 Å². The van der Waals surface area contributed by atoms with Crippen LogP contribution >= 0.6 is 11.8 Å². The monoisotopic (exact) mass is 407 g/mol. The van der Waals surface area contributed by atoms with Crippen LogP contribution < -0.4 is 10.1 Å². The van der Waals surface area contributed by atoms with Gasteiger partial charge in [-0.15, -0.1) is 0 Å². The van der Waals surface area contributed by atoms with Gasteiger partial charge in [-0.3, -0.25) is 0 Å². The fourth-order valence-corrected chi connectivity index (χ4v) is 2.81. The van der Waals surface area contributed by atoms with Gasteiger partial charge in [-0.05, 0) is 17.7 Å². The van der Waals surface area contributed by atoms with Gasteiger partial charge in [-0.25, -0.2) is 9.59 Å². The van der Waals surface area contributed by atoms with Crippen molar-refractivity contribution in [2.45, 2.75) is 11.9 Å². The lowest BCUT2D eigenvalue weighted by atomic mass is 10.2. The van der Waals surface area contributed by atoms with Crippen LogP contribution in [0.15, 0.2) is 60.7 Å². The summed E-state index contributed by atoms with van der Waals surface area (Å²) in [5.41, 5.74) is 1.35. The van der Waals surface area contributed by atoms with Crippen LogP contribution in [-0.4, -0.2) is 58.8 Å². The number of carboxylic acids is 2. The minimum absolute atomic E-state index is 0.314. The number of benzene rings is 2. The summed E-state index contributed by atoms with van der Waals surface area (Å²) in [6.07, 6.45) is -0.487. The minimum atomic E-state index is -1.82. The van der Waals surface area contributed by atoms with Crippen LogP contribution in [-0.2, 0) is 15.3 Å². The first-order chi connectivity index (χ1) is 13.5. The van der Waals surface area contributed by atoms with Crippen molar-refractivity contribution in [3.63, 3.8) is 0 Å². The van der Waals surface area contributed by atoms with E-state index in [1.807, 2.05) is 48.2 Å². The molecule has 0 amide bonds. The number of hydrogen-bond acceptors (Lipinski definition) is 6. The molecule has 1 unspecified atom stereocenters. The number of carbonyl (C=O) groups is 2. The zero-order valence-electron chi connectivity index (χ0n) is 15.4. The van der Waals surface area contributed by atoms with Gasteiger partial charge in [-0.2, -0.15) is 11.8 Å². The smallest absolute Gasteiger partial charge is 0.414 e. The van der Waals surface area contributed by atoms with E-state index in [2.05, 4.69) is 29.6 Å². The molecule has 1 atom stereocenters. The molecule has 0 aliphatic heterocycles. The fourth-order valence-electron chi connectivity index (χ4n) is 1.95. The molecule has 0 aromatic heterocycles. The number of hydrogen-bond donors (Lipinski definition) is 4. The lowest BCUT2D eigenvalue weighted by molar-refractivity contribution is -0.159. The number of nitrogens with one attached hydrogen (secondary N) is 1. The quantitative estimate of drug-likeness (QED) is 0.350. The molecule has 0 radical (unpaired) electrons. The van der Waals surface area contributed by atoms with Gasteiger partial charge >= 0.3 is 11.9 Å². The normalized spacial score (nSPS) is 11.0. The molecule has 0 spiro atoms. The Morgan fingerprint density at radius 3 is 2.11 bits per heavy atom. The standard InChI is InChI=1S/C18H23NO2S.C2H2O4/c20-17(14-21-18-9-5-2-6-10-18)13-19-11-12-22-15-16-7-3-1-4-8-16;3-1(4)2(5)6/h1-10,17,19-20H,11-15H2;(H,3,4)(H,5,6). The Kier molecular flexibility index (Phi) is 12.2. The van der Waals surface area contributed by atoms with Crippen LogP contribution in [0.25, 0.3) is 0 Å². The van der Waals surface area contributed by atoms with Crippen molar-refractivity contribution < 1.29 is 29.6 Å². The van der Waals surface area contributed by atoms with Crippen molar-refractivity contribution in [2.75, 3.05) is 25.4 Å². The molecule has 2 rings (SSSR count). The molecule has 2 aromatic carbocycles. The molecule has 152 valence electrons. The number of rotatable bonds is 10. The van der Waals surface area contributed by atoms with Gasteiger partial charge in [0, 0.05) is 24.6 Å². The minimum Gasteiger partial charge on any atom is -0.491 e. The molecule has 0 bridgehead atoms. The maximum absolute atomic E-state index is 9.85. The number of thioether (sulfide) groups is 1. The van der Waals surface area contributed by atoms with Crippen molar-refractivity contribution in [3.8, 4) is 5.75 Å². The third kappa shape index (κ3) is 11.9. The fraction of sp³-hybridized carbons (Fsp3) is 0.300. The second kappa shape index (κ2) is 14.5. The Balaban J connectivity index is 0.000000568. The summed E-state index contributed by atoms with van der Waals surface area (Å²) < 4.78 is 5.51. The van der Waals surface area contributed by atoms with Gasteiger partial charge in [0.15, 0.2) is 0 Å². The maximum atomic E-state index is 9.85. The molecular weight excluding hydrogens is 382 g/mol. The Morgan fingerprint density at radius 2 is 1.54 bits per heavy atom. The predicted octanol–water partition coefficient (Wildman–Crippen LogP) is 2.10. The third-order valence-electron chi connectivity index (χ3n) is 3.28. The van der Waals surface area contributed by atoms with E-state index < -0.39 is 18.0 Å². The highest BCUT2D eigenvalue weighted by Gasteiger charge is 2.05. The molecule has 0 aliphatic rings. The van der Waals surface area contributed by atoms with E-state index in [9.17, 15) is 5.11 Å². The average Bonchev–Trinajstić information content (AvgIpc) is 2.71. The number of carboxylic acid groups (broad SMARTS) is 2. The second-order valence-corrected chi connectivity index (χ2v) is 6.74. The van der Waals surface area contributed by atoms with Crippen LogP contribution in [0.4, 0.5) is 0 Å². The highest BCUT2D eigenvalue weighted by molar-refractivity contribution is 7.98. The third-order valence-corrected chi connectivity index (χ3v) is 4.31. The Hall–Kier alpha value is -2.55. The number of ether oxygens (including phenoxy) is 1. The number of aliphatic hydroxyl groups is 1. The summed E-state index contributed by atoms with van der Waals surface area (Å²) >= 11 is 1.89. The van der Waals surface area contributed by atoms with Crippen LogP contribution in [0.3, 0.4) is 0 Å². The van der Waals surface area contributed by atoms with E-state index in [4.69, 9.17) is 24.5 Å². The first-order valence-corrected chi connectivity index (χ1v) is 9.79. The molecule has 8 heteroatoms. The highest BCUT2D eigenvalue weighted by atomic mass is 32.2. The molecule has 0 aliphatic carbocycles. The Morgan fingerprint density at radius 1 is 0.964 bits per heavy atom. The molecule has 7 nitrogen and oxygen atoms in total. The van der Waals surface area contributed by atoms with Crippen molar-refractivity contribution in [1.29, 1.82) is 0 Å². The van der Waals surface area contributed by atoms with Gasteiger partial charge in [-0.1, -0.05) is 48.5 Å². The molecule has 2 aromatic rings. The van der Waals surface area contributed by atoms with Gasteiger partial charge in [0.05, 0.1) is 0 Å².